The van der Waals surface area contributed by atoms with Gasteiger partial charge in [-0.15, -0.1) is 0 Å². The highest BCUT2D eigenvalue weighted by Gasteiger charge is 2.54. The van der Waals surface area contributed by atoms with Gasteiger partial charge in [-0.3, -0.25) is 0 Å². The van der Waals surface area contributed by atoms with Gasteiger partial charge in [0, 0.05) is 4.48 Å². The fraction of sp³-hybridized carbons (Fsp3) is 0.667. The lowest BCUT2D eigenvalue weighted by Crippen LogP contribution is -2.39. The predicted octanol–water partition coefficient (Wildman–Crippen LogP) is 4.33. The lowest BCUT2D eigenvalue weighted by Gasteiger charge is -2.30. The van der Waals surface area contributed by atoms with Gasteiger partial charge in [0.15, 0.2) is 11.9 Å². The summed E-state index contributed by atoms with van der Waals surface area (Å²) in [5.41, 5.74) is 0.510. The Morgan fingerprint density at radius 1 is 1.50 bits per heavy atom. The molecule has 0 bridgehead atoms. The van der Waals surface area contributed by atoms with Crippen LogP contribution in [0.3, 0.4) is 0 Å². The van der Waals surface area contributed by atoms with Gasteiger partial charge in [-0.05, 0) is 46.5 Å². The van der Waals surface area contributed by atoms with E-state index in [4.69, 9.17) is 14.2 Å². The summed E-state index contributed by atoms with van der Waals surface area (Å²) in [6.07, 6.45) is 6.18. The van der Waals surface area contributed by atoms with Gasteiger partial charge >= 0.3 is 0 Å². The number of halogens is 1. The molecule has 0 aromatic heterocycles. The lowest BCUT2D eigenvalue weighted by molar-refractivity contribution is -0.155. The summed E-state index contributed by atoms with van der Waals surface area (Å²) in [6, 6.07) is 0. The summed E-state index contributed by atoms with van der Waals surface area (Å²) in [5.74, 6) is 5.64. The van der Waals surface area contributed by atoms with Crippen LogP contribution in [0.2, 0.25) is 0 Å². The molecule has 1 spiro atoms. The maximum Gasteiger partial charge on any atom is 0.166 e. The quantitative estimate of drug-likeness (QED) is 0.421. The third-order valence-corrected chi connectivity index (χ3v) is 4.73. The van der Waals surface area contributed by atoms with Gasteiger partial charge in [-0.1, -0.05) is 46.0 Å². The summed E-state index contributed by atoms with van der Waals surface area (Å²) in [5, 5.41) is 0. The molecule has 1 fully saturated rings. The summed E-state index contributed by atoms with van der Waals surface area (Å²) >= 11 is 3.70. The largest absolute Gasteiger partial charge is 0.364 e. The number of allylic oxidation sites excluding steroid dienone is 1. The van der Waals surface area contributed by atoms with Crippen molar-refractivity contribution in [3.05, 3.63) is 22.7 Å². The van der Waals surface area contributed by atoms with Crippen molar-refractivity contribution in [1.29, 1.82) is 0 Å². The third-order valence-electron chi connectivity index (χ3n) is 3.74. The van der Waals surface area contributed by atoms with Crippen LogP contribution in [0.1, 0.15) is 46.5 Å². The fourth-order valence-electron chi connectivity index (χ4n) is 2.86. The van der Waals surface area contributed by atoms with Crippen molar-refractivity contribution in [3.63, 3.8) is 0 Å². The van der Waals surface area contributed by atoms with Crippen molar-refractivity contribution in [1.82, 2.24) is 0 Å². The molecule has 0 unspecified atom stereocenters. The van der Waals surface area contributed by atoms with E-state index in [-0.39, 0.29) is 6.10 Å². The highest BCUT2D eigenvalue weighted by atomic mass is 79.9. The molecule has 0 radical (unpaired) electrons. The first kappa shape index (κ1) is 17.7. The van der Waals surface area contributed by atoms with Crippen LogP contribution in [-0.2, 0) is 14.2 Å². The van der Waals surface area contributed by atoms with E-state index in [0.29, 0.717) is 13.2 Å². The van der Waals surface area contributed by atoms with Crippen molar-refractivity contribution in [2.45, 2.75) is 63.9 Å². The van der Waals surface area contributed by atoms with Crippen LogP contribution in [-0.4, -0.2) is 30.7 Å². The summed E-state index contributed by atoms with van der Waals surface area (Å²) in [7, 11) is 0. The Balaban J connectivity index is 2.13. The van der Waals surface area contributed by atoms with Gasteiger partial charge in [0.05, 0.1) is 6.61 Å². The van der Waals surface area contributed by atoms with E-state index in [1.54, 1.807) is 0 Å². The van der Waals surface area contributed by atoms with Crippen molar-refractivity contribution in [2.24, 2.45) is 0 Å². The highest BCUT2D eigenvalue weighted by Crippen LogP contribution is 2.47. The SMILES string of the molecule is C=C(C)COCC#C[C@@H]1OC(C)(C)O[C@@]12CCCCC=C2Br. The Labute approximate surface area is 142 Å². The molecule has 2 atom stereocenters. The first-order valence-electron chi connectivity index (χ1n) is 7.80. The minimum atomic E-state index is -0.630. The second-order valence-electron chi connectivity index (χ2n) is 6.46. The van der Waals surface area contributed by atoms with Crippen LogP contribution in [0.25, 0.3) is 0 Å². The van der Waals surface area contributed by atoms with E-state index in [1.165, 1.54) is 6.42 Å². The number of rotatable bonds is 3. The fourth-order valence-corrected chi connectivity index (χ4v) is 3.58. The van der Waals surface area contributed by atoms with Gasteiger partial charge in [0.1, 0.15) is 12.2 Å². The van der Waals surface area contributed by atoms with E-state index in [0.717, 1.165) is 29.3 Å². The number of hydrogen-bond donors (Lipinski definition) is 0. The topological polar surface area (TPSA) is 27.7 Å². The maximum atomic E-state index is 6.28. The van der Waals surface area contributed by atoms with Gasteiger partial charge in [-0.25, -0.2) is 0 Å². The number of ether oxygens (including phenoxy) is 3. The molecule has 122 valence electrons. The van der Waals surface area contributed by atoms with Crippen molar-refractivity contribution in [3.8, 4) is 11.8 Å². The first-order chi connectivity index (χ1) is 10.4. The minimum Gasteiger partial charge on any atom is -0.364 e. The molecule has 3 nitrogen and oxygen atoms in total. The highest BCUT2D eigenvalue weighted by molar-refractivity contribution is 9.11. The van der Waals surface area contributed by atoms with Crippen LogP contribution in [0.5, 0.6) is 0 Å². The Hall–Kier alpha value is -0.600. The number of hydrogen-bond acceptors (Lipinski definition) is 3. The van der Waals surface area contributed by atoms with Crippen LogP contribution < -0.4 is 0 Å². The molecule has 1 heterocycles. The van der Waals surface area contributed by atoms with Crippen LogP contribution in [0, 0.1) is 11.8 Å². The van der Waals surface area contributed by atoms with E-state index >= 15 is 0 Å². The van der Waals surface area contributed by atoms with E-state index in [9.17, 15) is 0 Å². The van der Waals surface area contributed by atoms with E-state index in [2.05, 4.69) is 40.4 Å². The van der Waals surface area contributed by atoms with E-state index in [1.807, 2.05) is 20.8 Å². The molecular formula is C18H25BrO3. The molecule has 4 heteroatoms. The van der Waals surface area contributed by atoms with E-state index < -0.39 is 11.4 Å². The lowest BCUT2D eigenvalue weighted by atomic mass is 9.91. The third kappa shape index (κ3) is 4.23. The van der Waals surface area contributed by atoms with Gasteiger partial charge < -0.3 is 14.2 Å². The predicted molar refractivity (Wildman–Crippen MR) is 91.7 cm³/mol. The molecule has 2 aliphatic rings. The van der Waals surface area contributed by atoms with Crippen LogP contribution in [0.4, 0.5) is 0 Å². The normalized spacial score (nSPS) is 30.4. The molecule has 1 aliphatic heterocycles. The maximum absolute atomic E-state index is 6.28. The molecule has 0 amide bonds. The average Bonchev–Trinajstić information content (AvgIpc) is 2.55. The van der Waals surface area contributed by atoms with Crippen LogP contribution >= 0.6 is 15.9 Å². The summed E-state index contributed by atoms with van der Waals surface area (Å²) in [4.78, 5) is 0. The smallest absolute Gasteiger partial charge is 0.166 e. The molecule has 2 rings (SSSR count). The van der Waals surface area contributed by atoms with Gasteiger partial charge in [0.2, 0.25) is 0 Å². The standard InChI is InChI=1S/C18H25BrO3/c1-14(2)13-20-12-8-10-16-18(22-17(3,4)21-16)11-7-5-6-9-15(18)19/h9,16H,1,5-7,11-13H2,2-4H3/t16-,18+/m0/s1. The Bertz CT molecular complexity index is 512. The minimum absolute atomic E-state index is 0.278. The van der Waals surface area contributed by atoms with Gasteiger partial charge in [0.25, 0.3) is 0 Å². The van der Waals surface area contributed by atoms with Crippen LogP contribution in [0.15, 0.2) is 22.7 Å². The monoisotopic (exact) mass is 368 g/mol. The molecule has 0 aromatic carbocycles. The summed E-state index contributed by atoms with van der Waals surface area (Å²) < 4.78 is 18.8. The zero-order valence-electron chi connectivity index (χ0n) is 13.7. The molecule has 22 heavy (non-hydrogen) atoms. The van der Waals surface area contributed by atoms with Crippen molar-refractivity contribution < 1.29 is 14.2 Å². The molecule has 0 saturated carbocycles. The second kappa shape index (κ2) is 7.31. The molecule has 1 saturated heterocycles. The average molecular weight is 369 g/mol. The Kier molecular flexibility index (Phi) is 5.90. The first-order valence-corrected chi connectivity index (χ1v) is 8.60. The second-order valence-corrected chi connectivity index (χ2v) is 7.31. The van der Waals surface area contributed by atoms with Crippen molar-refractivity contribution >= 4 is 15.9 Å². The Morgan fingerprint density at radius 3 is 3.00 bits per heavy atom. The molecule has 0 N–H and O–H groups in total. The Morgan fingerprint density at radius 2 is 2.27 bits per heavy atom. The van der Waals surface area contributed by atoms with Crippen molar-refractivity contribution in [2.75, 3.05) is 13.2 Å². The molecule has 0 aromatic rings. The zero-order chi connectivity index (χ0) is 16.2. The zero-order valence-corrected chi connectivity index (χ0v) is 15.3. The molecule has 1 aliphatic carbocycles. The van der Waals surface area contributed by atoms with Gasteiger partial charge in [-0.2, -0.15) is 0 Å². The molecular weight excluding hydrogens is 344 g/mol. The summed E-state index contributed by atoms with van der Waals surface area (Å²) in [6.45, 7) is 10.5.